The van der Waals surface area contributed by atoms with Crippen LogP contribution in [0, 0.1) is 0 Å². The molecule has 0 radical (unpaired) electrons. The van der Waals surface area contributed by atoms with Gasteiger partial charge in [-0.05, 0) is 10.4 Å². The van der Waals surface area contributed by atoms with Crippen molar-refractivity contribution in [2.75, 3.05) is 5.32 Å². The standard InChI is InChI=1S/C10H11N7O/c1-2-7-3-13-10(18-7)6-12-8-4-11-5-9-14-15-16-17(8)9/h3-5,12H,2,6H2,1H3. The normalized spacial score (nSPS) is 10.9. The van der Waals surface area contributed by atoms with Crippen molar-refractivity contribution in [3.8, 4) is 0 Å². The molecule has 0 aliphatic carbocycles. The summed E-state index contributed by atoms with van der Waals surface area (Å²) < 4.78 is 7.06. The third-order valence-corrected chi connectivity index (χ3v) is 2.48. The average Bonchev–Trinajstić information content (AvgIpc) is 3.05. The number of nitrogens with zero attached hydrogens (tertiary/aromatic N) is 6. The van der Waals surface area contributed by atoms with E-state index in [2.05, 4.69) is 30.8 Å². The minimum Gasteiger partial charge on any atom is -0.444 e. The lowest BCUT2D eigenvalue weighted by atomic mass is 10.4. The van der Waals surface area contributed by atoms with E-state index in [1.807, 2.05) is 6.92 Å². The molecule has 8 nitrogen and oxygen atoms in total. The number of tetrazole rings is 1. The summed E-state index contributed by atoms with van der Waals surface area (Å²) in [5, 5.41) is 14.4. The Labute approximate surface area is 102 Å². The molecule has 3 aromatic rings. The lowest BCUT2D eigenvalue weighted by molar-refractivity contribution is 0.465. The number of anilines is 1. The fourth-order valence-corrected chi connectivity index (χ4v) is 1.56. The van der Waals surface area contributed by atoms with Gasteiger partial charge >= 0.3 is 0 Å². The van der Waals surface area contributed by atoms with E-state index in [1.54, 1.807) is 23.1 Å². The van der Waals surface area contributed by atoms with E-state index in [9.17, 15) is 0 Å². The topological polar surface area (TPSA) is 94.0 Å². The Morgan fingerprint density at radius 1 is 1.33 bits per heavy atom. The summed E-state index contributed by atoms with van der Waals surface area (Å²) in [5.74, 6) is 2.18. The van der Waals surface area contributed by atoms with Gasteiger partial charge in [-0.3, -0.25) is 4.98 Å². The van der Waals surface area contributed by atoms with Gasteiger partial charge < -0.3 is 9.73 Å². The molecule has 0 aromatic carbocycles. The SMILES string of the molecule is CCc1cnc(CNc2cncc3nnnn23)o1. The van der Waals surface area contributed by atoms with Crippen LogP contribution in [0.3, 0.4) is 0 Å². The van der Waals surface area contributed by atoms with Crippen molar-refractivity contribution >= 4 is 11.5 Å². The van der Waals surface area contributed by atoms with Crippen LogP contribution in [0.2, 0.25) is 0 Å². The Morgan fingerprint density at radius 2 is 2.28 bits per heavy atom. The molecule has 0 bridgehead atoms. The van der Waals surface area contributed by atoms with E-state index in [1.165, 1.54) is 0 Å². The number of aromatic nitrogens is 6. The minimum absolute atomic E-state index is 0.459. The molecule has 0 aliphatic rings. The van der Waals surface area contributed by atoms with Crippen LogP contribution in [0.4, 0.5) is 5.82 Å². The van der Waals surface area contributed by atoms with Gasteiger partial charge in [-0.15, -0.1) is 5.10 Å². The van der Waals surface area contributed by atoms with Gasteiger partial charge in [0.1, 0.15) is 5.76 Å². The number of oxazole rings is 1. The van der Waals surface area contributed by atoms with Crippen LogP contribution in [0.1, 0.15) is 18.6 Å². The van der Waals surface area contributed by atoms with Crippen LogP contribution >= 0.6 is 0 Å². The molecule has 0 aliphatic heterocycles. The molecule has 0 unspecified atom stereocenters. The molecule has 3 heterocycles. The highest BCUT2D eigenvalue weighted by atomic mass is 16.4. The first kappa shape index (κ1) is 10.6. The zero-order chi connectivity index (χ0) is 12.4. The highest BCUT2D eigenvalue weighted by molar-refractivity contribution is 5.43. The molecular formula is C10H11N7O. The molecule has 3 rings (SSSR count). The lowest BCUT2D eigenvalue weighted by Gasteiger charge is -2.03. The first-order chi connectivity index (χ1) is 8.86. The van der Waals surface area contributed by atoms with E-state index in [4.69, 9.17) is 4.42 Å². The van der Waals surface area contributed by atoms with Crippen LogP contribution in [-0.4, -0.2) is 30.0 Å². The van der Waals surface area contributed by atoms with Crippen molar-refractivity contribution in [3.05, 3.63) is 30.2 Å². The summed E-state index contributed by atoms with van der Waals surface area (Å²) in [6.45, 7) is 2.48. The first-order valence-electron chi connectivity index (χ1n) is 5.56. The Bertz CT molecular complexity index is 659. The molecule has 0 spiro atoms. The zero-order valence-corrected chi connectivity index (χ0v) is 9.74. The Kier molecular flexibility index (Phi) is 2.60. The molecule has 0 saturated heterocycles. The third kappa shape index (κ3) is 1.88. The van der Waals surface area contributed by atoms with Crippen LogP contribution in [0.25, 0.3) is 5.65 Å². The fraction of sp³-hybridized carbons (Fsp3) is 0.300. The van der Waals surface area contributed by atoms with Crippen LogP contribution < -0.4 is 5.32 Å². The van der Waals surface area contributed by atoms with Gasteiger partial charge in [0.15, 0.2) is 11.5 Å². The number of fused-ring (bicyclic) bond motifs is 1. The molecule has 8 heteroatoms. The van der Waals surface area contributed by atoms with Crippen LogP contribution in [0.5, 0.6) is 0 Å². The Balaban J connectivity index is 1.78. The number of aryl methyl sites for hydroxylation is 1. The molecule has 0 amide bonds. The van der Waals surface area contributed by atoms with Gasteiger partial charge in [-0.1, -0.05) is 6.92 Å². The van der Waals surface area contributed by atoms with E-state index in [0.717, 1.165) is 12.2 Å². The van der Waals surface area contributed by atoms with E-state index < -0.39 is 0 Å². The second-order valence-electron chi connectivity index (χ2n) is 3.67. The molecule has 1 N–H and O–H groups in total. The summed E-state index contributed by atoms with van der Waals surface area (Å²) in [4.78, 5) is 8.20. The molecule has 0 saturated carbocycles. The van der Waals surface area contributed by atoms with Crippen molar-refractivity contribution in [1.29, 1.82) is 0 Å². The Morgan fingerprint density at radius 3 is 3.11 bits per heavy atom. The maximum absolute atomic E-state index is 5.49. The summed E-state index contributed by atoms with van der Waals surface area (Å²) in [7, 11) is 0. The predicted molar refractivity (Wildman–Crippen MR) is 61.8 cm³/mol. The zero-order valence-electron chi connectivity index (χ0n) is 9.74. The van der Waals surface area contributed by atoms with Gasteiger partial charge in [-0.2, -0.15) is 4.52 Å². The number of hydrogen-bond donors (Lipinski definition) is 1. The van der Waals surface area contributed by atoms with Crippen molar-refractivity contribution in [3.63, 3.8) is 0 Å². The first-order valence-corrected chi connectivity index (χ1v) is 5.56. The molecule has 3 aromatic heterocycles. The number of rotatable bonds is 4. The second-order valence-corrected chi connectivity index (χ2v) is 3.67. The summed E-state index contributed by atoms with van der Waals surface area (Å²) >= 11 is 0. The second kappa shape index (κ2) is 4.40. The van der Waals surface area contributed by atoms with Crippen molar-refractivity contribution in [1.82, 2.24) is 30.0 Å². The maximum atomic E-state index is 5.49. The van der Waals surface area contributed by atoms with Gasteiger partial charge in [0, 0.05) is 6.42 Å². The quantitative estimate of drug-likeness (QED) is 0.722. The monoisotopic (exact) mass is 245 g/mol. The molecule has 0 atom stereocenters. The van der Waals surface area contributed by atoms with Gasteiger partial charge in [0.25, 0.3) is 0 Å². The van der Waals surface area contributed by atoms with Crippen molar-refractivity contribution < 1.29 is 4.42 Å². The lowest BCUT2D eigenvalue weighted by Crippen LogP contribution is -2.05. The molecular weight excluding hydrogens is 234 g/mol. The largest absolute Gasteiger partial charge is 0.444 e. The van der Waals surface area contributed by atoms with Gasteiger partial charge in [0.2, 0.25) is 5.89 Å². The molecule has 0 fully saturated rings. The van der Waals surface area contributed by atoms with Crippen molar-refractivity contribution in [2.24, 2.45) is 0 Å². The van der Waals surface area contributed by atoms with Gasteiger partial charge in [-0.25, -0.2) is 4.98 Å². The van der Waals surface area contributed by atoms with E-state index >= 15 is 0 Å². The number of nitrogens with one attached hydrogen (secondary N) is 1. The van der Waals surface area contributed by atoms with E-state index in [-0.39, 0.29) is 0 Å². The maximum Gasteiger partial charge on any atom is 0.213 e. The van der Waals surface area contributed by atoms with Crippen LogP contribution in [-0.2, 0) is 13.0 Å². The Hall–Kier alpha value is -2.51. The predicted octanol–water partition coefficient (Wildman–Crippen LogP) is 0.682. The third-order valence-electron chi connectivity index (χ3n) is 2.48. The van der Waals surface area contributed by atoms with Gasteiger partial charge in [0.05, 0.1) is 25.1 Å². The highest BCUT2D eigenvalue weighted by Gasteiger charge is 2.06. The highest BCUT2D eigenvalue weighted by Crippen LogP contribution is 2.09. The number of hydrogen-bond acceptors (Lipinski definition) is 7. The molecule has 92 valence electrons. The fourth-order valence-electron chi connectivity index (χ4n) is 1.56. The smallest absolute Gasteiger partial charge is 0.213 e. The minimum atomic E-state index is 0.459. The van der Waals surface area contributed by atoms with Crippen molar-refractivity contribution in [2.45, 2.75) is 19.9 Å². The summed E-state index contributed by atoms with van der Waals surface area (Å²) in [6, 6.07) is 0. The summed E-state index contributed by atoms with van der Waals surface area (Å²) in [6.07, 6.45) is 5.79. The summed E-state index contributed by atoms with van der Waals surface area (Å²) in [5.41, 5.74) is 0.585. The van der Waals surface area contributed by atoms with E-state index in [0.29, 0.717) is 23.9 Å². The van der Waals surface area contributed by atoms with Crippen LogP contribution in [0.15, 0.2) is 23.0 Å². The molecule has 18 heavy (non-hydrogen) atoms. The average molecular weight is 245 g/mol.